The van der Waals surface area contributed by atoms with Gasteiger partial charge in [-0.1, -0.05) is 0 Å². The molecule has 3 unspecified atom stereocenters. The average Bonchev–Trinajstić information content (AvgIpc) is 2.56. The number of primary amides is 1. The summed E-state index contributed by atoms with van der Waals surface area (Å²) >= 11 is 3.27. The highest BCUT2D eigenvalue weighted by atomic mass is 32.2. The van der Waals surface area contributed by atoms with Gasteiger partial charge in [0.15, 0.2) is 1.41 Å². The van der Waals surface area contributed by atoms with E-state index < -0.39 is 0 Å². The van der Waals surface area contributed by atoms with Crippen molar-refractivity contribution in [1.82, 2.24) is 0 Å². The first-order chi connectivity index (χ1) is 10.7. The van der Waals surface area contributed by atoms with Gasteiger partial charge in [0.2, 0.25) is 5.91 Å². The molecule has 0 spiro atoms. The van der Waals surface area contributed by atoms with Crippen molar-refractivity contribution in [2.24, 2.45) is 33.1 Å². The average molecular weight is 331 g/mol. The van der Waals surface area contributed by atoms with Gasteiger partial charge in [-0.3, -0.25) is 14.8 Å². The number of hydrogen-bond donors (Lipinski definition) is 3. The van der Waals surface area contributed by atoms with Crippen molar-refractivity contribution in [2.75, 3.05) is 24.6 Å². The maximum Gasteiger partial charge on any atom is 0.220 e. The minimum absolute atomic E-state index is 0.0403. The first-order valence-corrected chi connectivity index (χ1v) is 9.20. The van der Waals surface area contributed by atoms with E-state index in [0.29, 0.717) is 19.5 Å². The number of thioether (sulfide) groups is 2. The first-order valence-electron chi connectivity index (χ1n) is 7.72. The van der Waals surface area contributed by atoms with Crippen molar-refractivity contribution in [3.05, 3.63) is 0 Å². The van der Waals surface area contributed by atoms with Crippen LogP contribution in [0.2, 0.25) is 1.41 Å². The lowest BCUT2D eigenvalue weighted by atomic mass is 9.82. The monoisotopic (exact) mass is 330 g/mol. The number of hydrogen-bond acceptors (Lipinski definition) is 7. The quantitative estimate of drug-likeness (QED) is 0.665. The molecule has 0 radical (unpaired) electrons. The standard InChI is InChI=1S/C13H23N5OS2/c14-3-5-20-12-13(21-6-4-15)18-10-7-8(11(16)19)1-2-9(10)17-12/h8-10H,1-7,14-15H2,(H2,16,19)/i/hD. The van der Waals surface area contributed by atoms with E-state index in [1.165, 1.54) is 0 Å². The molecule has 1 saturated carbocycles. The Hall–Kier alpha value is -0.570. The Bertz CT molecular complexity index is 460. The van der Waals surface area contributed by atoms with E-state index in [1.807, 2.05) is 5.73 Å². The summed E-state index contributed by atoms with van der Waals surface area (Å²) in [5, 5.41) is 1.89. The van der Waals surface area contributed by atoms with Crippen LogP contribution in [0.1, 0.15) is 19.3 Å². The smallest absolute Gasteiger partial charge is 0.220 e. The van der Waals surface area contributed by atoms with Gasteiger partial charge in [0.05, 0.1) is 12.1 Å². The molecule has 0 aromatic carbocycles. The van der Waals surface area contributed by atoms with Crippen molar-refractivity contribution < 1.29 is 6.21 Å². The van der Waals surface area contributed by atoms with E-state index in [2.05, 4.69) is 0 Å². The molecule has 1 heterocycles. The molecule has 0 saturated heterocycles. The Morgan fingerprint density at radius 3 is 2.33 bits per heavy atom. The second-order valence-electron chi connectivity index (χ2n) is 5.15. The minimum atomic E-state index is -0.211. The number of nitrogens with zero attached hydrogens (tertiary/aromatic N) is 2. The molecule has 0 aromatic heterocycles. The summed E-state index contributed by atoms with van der Waals surface area (Å²) in [6.45, 7) is 1.20. The van der Waals surface area contributed by atoms with Crippen LogP contribution in [-0.2, 0) is 4.79 Å². The Labute approximate surface area is 135 Å². The highest BCUT2D eigenvalue weighted by Crippen LogP contribution is 2.33. The number of carbonyl (C=O) groups is 1. The predicted molar refractivity (Wildman–Crippen MR) is 92.0 cm³/mol. The van der Waals surface area contributed by atoms with Crippen molar-refractivity contribution in [3.63, 3.8) is 0 Å². The zero-order valence-electron chi connectivity index (χ0n) is 13.0. The van der Waals surface area contributed by atoms with Crippen molar-refractivity contribution in [3.8, 4) is 0 Å². The Morgan fingerprint density at radius 1 is 1.14 bits per heavy atom. The van der Waals surface area contributed by atoms with Gasteiger partial charge in [-0.2, -0.15) is 0 Å². The van der Waals surface area contributed by atoms with E-state index >= 15 is 0 Å². The third kappa shape index (κ3) is 4.45. The van der Waals surface area contributed by atoms with Gasteiger partial charge >= 0.3 is 0 Å². The second kappa shape index (κ2) is 8.17. The van der Waals surface area contributed by atoms with E-state index in [9.17, 15) is 4.79 Å². The molecule has 21 heavy (non-hydrogen) atoms. The van der Waals surface area contributed by atoms with Gasteiger partial charge in [0.25, 0.3) is 0 Å². The van der Waals surface area contributed by atoms with Crippen molar-refractivity contribution in [2.45, 2.75) is 31.3 Å². The van der Waals surface area contributed by atoms with Crippen LogP contribution in [0, 0.1) is 5.92 Å². The molecule has 2 rings (SSSR count). The van der Waals surface area contributed by atoms with E-state index in [-0.39, 0.29) is 23.9 Å². The van der Waals surface area contributed by atoms with Crippen molar-refractivity contribution in [1.29, 1.82) is 0 Å². The fraction of sp³-hybridized carbons (Fsp3) is 0.769. The van der Waals surface area contributed by atoms with Crippen LogP contribution in [0.4, 0.5) is 0 Å². The molecule has 118 valence electrons. The zero-order chi connectivity index (χ0) is 15.9. The topological polar surface area (TPSA) is 120 Å². The largest absolute Gasteiger partial charge is 0.369 e. The number of carbonyl (C=O) groups excluding carboxylic acids is 1. The first kappa shape index (κ1) is 15.3. The highest BCUT2D eigenvalue weighted by Gasteiger charge is 2.36. The van der Waals surface area contributed by atoms with Crippen LogP contribution in [0.25, 0.3) is 0 Å². The third-order valence-corrected chi connectivity index (χ3v) is 5.77. The maximum absolute atomic E-state index is 11.7. The lowest BCUT2D eigenvalue weighted by molar-refractivity contribution is -0.122. The molecule has 0 bridgehead atoms. The number of rotatable bonds is 5. The number of amides is 1. The summed E-state index contributed by atoms with van der Waals surface area (Å²) in [6.07, 6.45) is 2.28. The number of aliphatic imine (C=N–C) groups is 2. The molecule has 8 heteroatoms. The molecule has 2 aliphatic rings. The van der Waals surface area contributed by atoms with E-state index in [4.69, 9.17) is 22.9 Å². The fourth-order valence-electron chi connectivity index (χ4n) is 2.58. The van der Waals surface area contributed by atoms with Crippen LogP contribution in [0.3, 0.4) is 0 Å². The molecular weight excluding hydrogens is 306 g/mol. The van der Waals surface area contributed by atoms with Gasteiger partial charge in [-0.05, 0) is 19.3 Å². The van der Waals surface area contributed by atoms with Crippen LogP contribution >= 0.6 is 23.5 Å². The maximum atomic E-state index is 11.7. The molecular formula is C13H23N5OS2. The molecule has 1 amide bonds. The molecule has 6 N–H and O–H groups in total. The van der Waals surface area contributed by atoms with Crippen LogP contribution in [0.5, 0.6) is 0 Å². The summed E-state index contributed by atoms with van der Waals surface area (Å²) in [7, 11) is 0. The summed E-state index contributed by atoms with van der Waals surface area (Å²) in [6, 6.07) is 0.191. The lowest BCUT2D eigenvalue weighted by Gasteiger charge is -2.34. The normalized spacial score (nSPS) is 29.0. The SMILES string of the molecule is [2H]NC(=O)C1CCC2N=C(SCCN)C(SCCN)=NC2C1. The summed E-state index contributed by atoms with van der Waals surface area (Å²) in [4.78, 5) is 21.4. The second-order valence-corrected chi connectivity index (χ2v) is 7.32. The third-order valence-electron chi connectivity index (χ3n) is 3.61. The lowest BCUT2D eigenvalue weighted by Crippen LogP contribution is -2.40. The Balaban J connectivity index is 2.09. The molecule has 1 fully saturated rings. The van der Waals surface area contributed by atoms with Crippen LogP contribution < -0.4 is 17.2 Å². The Kier molecular flexibility index (Phi) is 5.96. The summed E-state index contributed by atoms with van der Waals surface area (Å²) in [5.74, 6) is 1.28. The zero-order valence-corrected chi connectivity index (χ0v) is 13.6. The van der Waals surface area contributed by atoms with E-state index in [0.717, 1.165) is 34.4 Å². The predicted octanol–water partition coefficient (Wildman–Crippen LogP) is 0.203. The van der Waals surface area contributed by atoms with E-state index in [1.54, 1.807) is 23.5 Å². The molecule has 0 aromatic rings. The highest BCUT2D eigenvalue weighted by molar-refractivity contribution is 8.25. The van der Waals surface area contributed by atoms with Gasteiger partial charge < -0.3 is 17.2 Å². The van der Waals surface area contributed by atoms with Gasteiger partial charge in [-0.25, -0.2) is 0 Å². The van der Waals surface area contributed by atoms with Crippen molar-refractivity contribution >= 4 is 39.5 Å². The number of fused-ring (bicyclic) bond motifs is 1. The fourth-order valence-corrected chi connectivity index (χ4v) is 4.33. The number of nitrogens with two attached hydrogens (primary N) is 3. The van der Waals surface area contributed by atoms with Gasteiger partial charge in [0.1, 0.15) is 10.1 Å². The molecule has 1 aliphatic carbocycles. The van der Waals surface area contributed by atoms with Gasteiger partial charge in [-0.15, -0.1) is 23.5 Å². The molecule has 6 nitrogen and oxygen atoms in total. The van der Waals surface area contributed by atoms with Gasteiger partial charge in [0, 0.05) is 30.5 Å². The molecule has 3 atom stereocenters. The Morgan fingerprint density at radius 2 is 1.76 bits per heavy atom. The summed E-state index contributed by atoms with van der Waals surface area (Å²) in [5.41, 5.74) is 13.2. The summed E-state index contributed by atoms with van der Waals surface area (Å²) < 4.78 is 7.02. The molecule has 1 aliphatic heterocycles. The van der Waals surface area contributed by atoms with Crippen LogP contribution in [-0.4, -0.2) is 52.7 Å². The van der Waals surface area contributed by atoms with Crippen LogP contribution in [0.15, 0.2) is 9.98 Å². The minimum Gasteiger partial charge on any atom is -0.369 e.